The van der Waals surface area contributed by atoms with Gasteiger partial charge in [0.25, 0.3) is 0 Å². The summed E-state index contributed by atoms with van der Waals surface area (Å²) in [6, 6.07) is 26.7. The van der Waals surface area contributed by atoms with Crippen LogP contribution < -0.4 is 16.0 Å². The number of aliphatic hydroxyl groups excluding tert-OH is 2. The highest BCUT2D eigenvalue weighted by Crippen LogP contribution is 2.21. The smallest absolute Gasteiger partial charge is 0.410 e. The molecule has 3 fully saturated rings. The quantitative estimate of drug-likeness (QED) is 0.113. The van der Waals surface area contributed by atoms with Crippen LogP contribution in [0.4, 0.5) is 24.0 Å². The number of hydrogen-bond acceptors (Lipinski definition) is 14. The minimum Gasteiger partial charge on any atom is -0.458 e. The van der Waals surface area contributed by atoms with Gasteiger partial charge in [-0.25, -0.2) is 24.0 Å². The topological polar surface area (TPSA) is 241 Å². The van der Waals surface area contributed by atoms with Gasteiger partial charge < -0.3 is 64.4 Å². The van der Waals surface area contributed by atoms with E-state index in [9.17, 15) is 39.0 Å². The molecule has 6 atom stereocenters. The molecular weight excluding hydrogens is 883 g/mol. The first-order valence-electron chi connectivity index (χ1n) is 22.5. The lowest BCUT2D eigenvalue weighted by Crippen LogP contribution is -2.44. The number of likely N-dealkylation sites (tertiary alicyclic amines) is 2. The first-order valence-corrected chi connectivity index (χ1v) is 22.5. The molecule has 5 N–H and O–H groups in total. The zero-order valence-corrected chi connectivity index (χ0v) is 39.9. The van der Waals surface area contributed by atoms with Gasteiger partial charge in [-0.15, -0.1) is 0 Å². The Kier molecular flexibility index (Phi) is 20.7. The number of ether oxygens (including phenoxy) is 6. The monoisotopic (exact) mass is 949 g/mol. The molecule has 2 saturated heterocycles. The molecule has 0 bridgehead atoms. The van der Waals surface area contributed by atoms with Crippen molar-refractivity contribution in [3.05, 3.63) is 108 Å². The normalized spacial score (nSPS) is 20.8. The Labute approximate surface area is 397 Å². The summed E-state index contributed by atoms with van der Waals surface area (Å²) in [5.41, 5.74) is 1.42. The van der Waals surface area contributed by atoms with Crippen molar-refractivity contribution in [1.29, 1.82) is 0 Å². The zero-order valence-electron chi connectivity index (χ0n) is 39.9. The van der Waals surface area contributed by atoms with E-state index in [0.29, 0.717) is 0 Å². The molecule has 1 saturated carbocycles. The maximum absolute atomic E-state index is 12.3. The Morgan fingerprint density at radius 2 is 0.912 bits per heavy atom. The summed E-state index contributed by atoms with van der Waals surface area (Å²) in [6.07, 6.45) is -2.21. The van der Waals surface area contributed by atoms with Gasteiger partial charge in [0.15, 0.2) is 0 Å². The van der Waals surface area contributed by atoms with E-state index in [2.05, 4.69) is 16.0 Å². The van der Waals surface area contributed by atoms with Crippen molar-refractivity contribution in [2.75, 3.05) is 26.2 Å². The number of rotatable bonds is 10. The molecule has 0 aromatic heterocycles. The summed E-state index contributed by atoms with van der Waals surface area (Å²) in [5.74, 6) is -0.490. The van der Waals surface area contributed by atoms with Crippen molar-refractivity contribution in [3.63, 3.8) is 0 Å². The number of β-amino-alcohol motifs (C(OH)–C–C–N with tert-alkyl or cyclic N) is 1. The van der Waals surface area contributed by atoms with Crippen LogP contribution in [0.5, 0.6) is 0 Å². The average Bonchev–Trinajstić information content (AvgIpc) is 3.99. The van der Waals surface area contributed by atoms with Crippen LogP contribution in [0.25, 0.3) is 0 Å². The third-order valence-electron chi connectivity index (χ3n) is 10.2. The molecule has 6 rings (SSSR count). The summed E-state index contributed by atoms with van der Waals surface area (Å²) in [6.45, 7) is 13.0. The summed E-state index contributed by atoms with van der Waals surface area (Å²) in [5, 5.41) is 27.5. The molecule has 0 unspecified atom stereocenters. The van der Waals surface area contributed by atoms with Crippen molar-refractivity contribution in [3.8, 4) is 0 Å². The van der Waals surface area contributed by atoms with Crippen molar-refractivity contribution < 1.29 is 67.4 Å². The maximum Gasteiger partial charge on any atom is 0.410 e. The highest BCUT2D eigenvalue weighted by atomic mass is 16.6. The Hall–Kier alpha value is -6.60. The van der Waals surface area contributed by atoms with E-state index >= 15 is 0 Å². The van der Waals surface area contributed by atoms with E-state index in [1.54, 1.807) is 41.5 Å². The summed E-state index contributed by atoms with van der Waals surface area (Å²) < 4.78 is 31.2. The Morgan fingerprint density at radius 1 is 0.529 bits per heavy atom. The van der Waals surface area contributed by atoms with E-state index < -0.39 is 78.0 Å². The number of hydrogen-bond donors (Lipinski definition) is 5. The van der Waals surface area contributed by atoms with Crippen LogP contribution >= 0.6 is 0 Å². The average molecular weight is 950 g/mol. The maximum atomic E-state index is 12.3. The van der Waals surface area contributed by atoms with Crippen molar-refractivity contribution in [2.45, 2.75) is 135 Å². The van der Waals surface area contributed by atoms with E-state index in [0.717, 1.165) is 36.0 Å². The Morgan fingerprint density at radius 3 is 1.29 bits per heavy atom. The van der Waals surface area contributed by atoms with Gasteiger partial charge in [0.05, 0.1) is 43.4 Å². The molecule has 5 amide bonds. The molecule has 372 valence electrons. The fourth-order valence-corrected chi connectivity index (χ4v) is 6.98. The van der Waals surface area contributed by atoms with Crippen molar-refractivity contribution >= 4 is 36.4 Å². The Bertz CT molecular complexity index is 2070. The van der Waals surface area contributed by atoms with Crippen LogP contribution in [0.1, 0.15) is 84.4 Å². The van der Waals surface area contributed by atoms with E-state index in [-0.39, 0.29) is 52.0 Å². The molecule has 68 heavy (non-hydrogen) atoms. The van der Waals surface area contributed by atoms with Gasteiger partial charge in [-0.2, -0.15) is 0 Å². The minimum atomic E-state index is -0.859. The number of nitrogens with zero attached hydrogens (tertiary/aromatic N) is 2. The van der Waals surface area contributed by atoms with Crippen molar-refractivity contribution in [1.82, 2.24) is 25.8 Å². The first-order chi connectivity index (χ1) is 32.1. The first kappa shape index (κ1) is 54.0. The summed E-state index contributed by atoms with van der Waals surface area (Å²) >= 11 is 0. The number of carbonyl (C=O) groups excluding carboxylic acids is 6. The molecule has 3 aromatic carbocycles. The van der Waals surface area contributed by atoms with Crippen LogP contribution in [0.15, 0.2) is 91.0 Å². The number of alkyl carbamates (subject to hydrolysis) is 3. The third-order valence-corrected chi connectivity index (χ3v) is 10.2. The van der Waals surface area contributed by atoms with Crippen LogP contribution in [0, 0.1) is 0 Å². The van der Waals surface area contributed by atoms with Gasteiger partial charge in [-0.05, 0) is 77.5 Å². The molecule has 3 aromatic rings. The molecule has 2 aliphatic heterocycles. The van der Waals surface area contributed by atoms with Crippen LogP contribution in [0.2, 0.25) is 0 Å². The van der Waals surface area contributed by atoms with Crippen LogP contribution in [-0.4, -0.2) is 130 Å². The van der Waals surface area contributed by atoms with E-state index in [1.165, 1.54) is 16.7 Å². The lowest BCUT2D eigenvalue weighted by molar-refractivity contribution is -0.146. The largest absolute Gasteiger partial charge is 0.458 e. The molecular formula is C49H67N5O14. The Balaban J connectivity index is 0.000000228. The zero-order chi connectivity index (χ0) is 49.9. The van der Waals surface area contributed by atoms with Gasteiger partial charge >= 0.3 is 36.4 Å². The van der Waals surface area contributed by atoms with Gasteiger partial charge in [-0.3, -0.25) is 4.79 Å². The predicted molar refractivity (Wildman–Crippen MR) is 248 cm³/mol. The highest BCUT2D eigenvalue weighted by molar-refractivity contribution is 5.72. The van der Waals surface area contributed by atoms with Gasteiger partial charge in [0.2, 0.25) is 0 Å². The number of amides is 5. The lowest BCUT2D eigenvalue weighted by Gasteiger charge is -2.24. The molecule has 19 nitrogen and oxygen atoms in total. The van der Waals surface area contributed by atoms with Crippen molar-refractivity contribution in [2.24, 2.45) is 0 Å². The lowest BCUT2D eigenvalue weighted by atomic mass is 10.2. The number of esters is 1. The fraction of sp³-hybridized carbons (Fsp3) is 0.510. The molecule has 3 aliphatic rings. The number of aliphatic hydroxyl groups is 2. The van der Waals surface area contributed by atoms with Gasteiger partial charge in [0.1, 0.15) is 37.1 Å². The number of carbonyl (C=O) groups is 6. The standard InChI is InChI=1S/C19H26N2O6.C17H24N2O5.C13H17NO3/c1-13(22)26-16-11-21(18(24)27-19(2,3)4)10-15(16)20-17(23)25-12-14-8-6-5-7-9-14;1-17(2,3)24-16(22)19-9-13(14(20)10-19)18-15(21)23-11-12-7-5-4-6-8-12;15-12-8-4-7-11(12)14-13(16)17-9-10-5-2-1-3-6-10/h5-9,15-16H,10-12H2,1-4H3,(H,20,23);4-8,13-14,20H,9-11H2,1-3H3,(H,18,21);1-3,5-6,11-12,15H,4,7-9H2,(H,14,16)/t15-,16-;13-,14-;11-,12-/m111/s1. The van der Waals surface area contributed by atoms with Crippen LogP contribution in [0.3, 0.4) is 0 Å². The second-order valence-electron chi connectivity index (χ2n) is 18.4. The van der Waals surface area contributed by atoms with E-state index in [1.807, 2.05) is 91.0 Å². The molecule has 0 spiro atoms. The van der Waals surface area contributed by atoms with Gasteiger partial charge in [0, 0.05) is 20.0 Å². The second kappa shape index (κ2) is 26.1. The fourth-order valence-electron chi connectivity index (χ4n) is 6.98. The number of nitrogens with one attached hydrogen (secondary N) is 3. The van der Waals surface area contributed by atoms with E-state index in [4.69, 9.17) is 28.4 Å². The number of benzene rings is 3. The van der Waals surface area contributed by atoms with Crippen LogP contribution in [-0.2, 0) is 53.0 Å². The predicted octanol–water partition coefficient (Wildman–Crippen LogP) is 6.18. The molecule has 2 heterocycles. The minimum absolute atomic E-state index is 0.110. The molecule has 1 aliphatic carbocycles. The molecule has 0 radical (unpaired) electrons. The highest BCUT2D eigenvalue weighted by Gasteiger charge is 2.41. The molecule has 19 heteroatoms. The SMILES string of the molecule is CC(=O)O[C@@H]1CN(C(=O)OC(C)(C)C)C[C@H]1NC(=O)OCc1ccccc1.CC(C)(C)OC(=O)N1C[C@@H](O)[C@H](NC(=O)OCc2ccccc2)C1.O=C(N[C@@H]1CCC[C@H]1O)OCc1ccccc1. The summed E-state index contributed by atoms with van der Waals surface area (Å²) in [7, 11) is 0. The van der Waals surface area contributed by atoms with Gasteiger partial charge in [-0.1, -0.05) is 91.0 Å². The summed E-state index contributed by atoms with van der Waals surface area (Å²) in [4.78, 5) is 73.8. The third kappa shape index (κ3) is 20.1. The second-order valence-corrected chi connectivity index (χ2v) is 18.4.